The second kappa shape index (κ2) is 5.61. The zero-order valence-corrected chi connectivity index (χ0v) is 11.8. The van der Waals surface area contributed by atoms with Crippen LogP contribution in [0.25, 0.3) is 0 Å². The van der Waals surface area contributed by atoms with Crippen molar-refractivity contribution in [3.8, 4) is 0 Å². The van der Waals surface area contributed by atoms with Gasteiger partial charge in [-0.1, -0.05) is 18.9 Å². The number of benzene rings is 1. The average molecular weight is 261 g/mol. The molecule has 1 aromatic rings. The van der Waals surface area contributed by atoms with E-state index >= 15 is 0 Å². The Morgan fingerprint density at radius 1 is 1.37 bits per heavy atom. The van der Waals surface area contributed by atoms with Gasteiger partial charge in [0.05, 0.1) is 5.41 Å². The van der Waals surface area contributed by atoms with Gasteiger partial charge < -0.3 is 16.0 Å². The van der Waals surface area contributed by atoms with Gasteiger partial charge in [0.15, 0.2) is 0 Å². The number of anilines is 2. The van der Waals surface area contributed by atoms with Gasteiger partial charge in [0.1, 0.15) is 0 Å². The lowest BCUT2D eigenvalue weighted by molar-refractivity contribution is -0.124. The molecular weight excluding hydrogens is 238 g/mol. The van der Waals surface area contributed by atoms with Crippen LogP contribution in [0.5, 0.6) is 0 Å². The molecule has 4 heteroatoms. The largest absolute Gasteiger partial charge is 0.378 e. The van der Waals surface area contributed by atoms with Crippen molar-refractivity contribution in [3.63, 3.8) is 0 Å². The maximum Gasteiger partial charge on any atom is 0.231 e. The normalized spacial score (nSPS) is 17.2. The highest BCUT2D eigenvalue weighted by atomic mass is 16.2. The Hall–Kier alpha value is -1.55. The average Bonchev–Trinajstić information content (AvgIpc) is 2.89. The quantitative estimate of drug-likeness (QED) is 0.873. The Morgan fingerprint density at radius 3 is 2.63 bits per heavy atom. The smallest absolute Gasteiger partial charge is 0.231 e. The van der Waals surface area contributed by atoms with Crippen LogP contribution in [0.4, 0.5) is 11.4 Å². The molecule has 1 aromatic carbocycles. The monoisotopic (exact) mass is 261 g/mol. The molecule has 0 aliphatic heterocycles. The topological polar surface area (TPSA) is 58.4 Å². The van der Waals surface area contributed by atoms with Crippen molar-refractivity contribution in [2.24, 2.45) is 11.1 Å². The van der Waals surface area contributed by atoms with E-state index < -0.39 is 0 Å². The third kappa shape index (κ3) is 2.89. The Bertz CT molecular complexity index is 450. The van der Waals surface area contributed by atoms with E-state index in [9.17, 15) is 4.79 Å². The zero-order chi connectivity index (χ0) is 13.9. The lowest BCUT2D eigenvalue weighted by Crippen LogP contribution is -2.40. The minimum atomic E-state index is -0.353. The van der Waals surface area contributed by atoms with Crippen molar-refractivity contribution < 1.29 is 4.79 Å². The second-order valence-corrected chi connectivity index (χ2v) is 5.59. The second-order valence-electron chi connectivity index (χ2n) is 5.59. The molecule has 0 radical (unpaired) electrons. The maximum atomic E-state index is 12.4. The standard InChI is InChI=1S/C15H23N3O/c1-18(2)13-7-5-6-12(10-13)17-14(19)15(11-16)8-3-4-9-15/h5-7,10H,3-4,8-9,11,16H2,1-2H3,(H,17,19). The molecule has 0 atom stereocenters. The van der Waals surface area contributed by atoms with E-state index in [0.717, 1.165) is 37.1 Å². The molecule has 1 fully saturated rings. The number of rotatable bonds is 4. The first-order valence-electron chi connectivity index (χ1n) is 6.86. The number of nitrogens with one attached hydrogen (secondary N) is 1. The molecule has 1 aliphatic rings. The summed E-state index contributed by atoms with van der Waals surface area (Å²) in [5.74, 6) is 0.0726. The molecule has 1 saturated carbocycles. The number of carbonyl (C=O) groups is 1. The van der Waals surface area contributed by atoms with Crippen molar-refractivity contribution in [3.05, 3.63) is 24.3 Å². The van der Waals surface area contributed by atoms with Crippen molar-refractivity contribution in [2.45, 2.75) is 25.7 Å². The summed E-state index contributed by atoms with van der Waals surface area (Å²) in [4.78, 5) is 14.5. The van der Waals surface area contributed by atoms with Gasteiger partial charge in [0, 0.05) is 32.0 Å². The summed E-state index contributed by atoms with van der Waals surface area (Å²) in [6, 6.07) is 7.87. The van der Waals surface area contributed by atoms with Gasteiger partial charge in [-0.3, -0.25) is 4.79 Å². The third-order valence-electron chi connectivity index (χ3n) is 4.05. The highest BCUT2D eigenvalue weighted by Gasteiger charge is 2.39. The van der Waals surface area contributed by atoms with E-state index in [2.05, 4.69) is 5.32 Å². The predicted molar refractivity (Wildman–Crippen MR) is 79.4 cm³/mol. The van der Waals surface area contributed by atoms with E-state index in [-0.39, 0.29) is 11.3 Å². The first-order valence-corrected chi connectivity index (χ1v) is 6.86. The lowest BCUT2D eigenvalue weighted by atomic mass is 9.85. The minimum Gasteiger partial charge on any atom is -0.378 e. The fourth-order valence-electron chi connectivity index (χ4n) is 2.70. The van der Waals surface area contributed by atoms with Gasteiger partial charge in [0.2, 0.25) is 5.91 Å². The molecule has 2 rings (SSSR count). The number of hydrogen-bond acceptors (Lipinski definition) is 3. The Labute approximate surface area is 115 Å². The molecule has 0 bridgehead atoms. The summed E-state index contributed by atoms with van der Waals surface area (Å²) in [7, 11) is 3.97. The van der Waals surface area contributed by atoms with Gasteiger partial charge in [-0.25, -0.2) is 0 Å². The van der Waals surface area contributed by atoms with Gasteiger partial charge in [-0.05, 0) is 31.0 Å². The number of nitrogens with zero attached hydrogens (tertiary/aromatic N) is 1. The number of carbonyl (C=O) groups excluding carboxylic acids is 1. The van der Waals surface area contributed by atoms with Crippen LogP contribution >= 0.6 is 0 Å². The van der Waals surface area contributed by atoms with Gasteiger partial charge in [-0.2, -0.15) is 0 Å². The molecule has 0 heterocycles. The van der Waals surface area contributed by atoms with Gasteiger partial charge in [-0.15, -0.1) is 0 Å². The Morgan fingerprint density at radius 2 is 2.05 bits per heavy atom. The number of amides is 1. The predicted octanol–water partition coefficient (Wildman–Crippen LogP) is 2.21. The third-order valence-corrected chi connectivity index (χ3v) is 4.05. The molecule has 3 N–H and O–H groups in total. The first-order chi connectivity index (χ1) is 9.07. The van der Waals surface area contributed by atoms with Crippen LogP contribution in [-0.2, 0) is 4.79 Å². The van der Waals surface area contributed by atoms with Gasteiger partial charge in [0.25, 0.3) is 0 Å². The molecular formula is C15H23N3O. The fraction of sp³-hybridized carbons (Fsp3) is 0.533. The Balaban J connectivity index is 2.12. The van der Waals surface area contributed by atoms with E-state index in [1.54, 1.807) is 0 Å². The maximum absolute atomic E-state index is 12.4. The molecule has 19 heavy (non-hydrogen) atoms. The number of hydrogen-bond donors (Lipinski definition) is 2. The summed E-state index contributed by atoms with van der Waals surface area (Å²) >= 11 is 0. The van der Waals surface area contributed by atoms with Crippen LogP contribution in [-0.4, -0.2) is 26.5 Å². The molecule has 1 amide bonds. The summed E-state index contributed by atoms with van der Waals surface area (Å²) in [6.07, 6.45) is 4.01. The van der Waals surface area contributed by atoms with E-state index in [4.69, 9.17) is 5.73 Å². The highest BCUT2D eigenvalue weighted by Crippen LogP contribution is 2.38. The van der Waals surface area contributed by atoms with Crippen LogP contribution in [0.15, 0.2) is 24.3 Å². The van der Waals surface area contributed by atoms with Crippen molar-refractivity contribution in [2.75, 3.05) is 30.9 Å². The molecule has 0 saturated heterocycles. The van der Waals surface area contributed by atoms with Crippen LogP contribution < -0.4 is 16.0 Å². The van der Waals surface area contributed by atoms with Crippen LogP contribution in [0.1, 0.15) is 25.7 Å². The summed E-state index contributed by atoms with van der Waals surface area (Å²) in [5.41, 5.74) is 7.40. The first kappa shape index (κ1) is 13.9. The van der Waals surface area contributed by atoms with Crippen molar-refractivity contribution >= 4 is 17.3 Å². The van der Waals surface area contributed by atoms with E-state index in [1.807, 2.05) is 43.3 Å². The summed E-state index contributed by atoms with van der Waals surface area (Å²) in [6.45, 7) is 0.437. The molecule has 0 aromatic heterocycles. The fourth-order valence-corrected chi connectivity index (χ4v) is 2.70. The van der Waals surface area contributed by atoms with E-state index in [1.165, 1.54) is 0 Å². The molecule has 0 unspecified atom stereocenters. The summed E-state index contributed by atoms with van der Waals surface area (Å²) in [5, 5.41) is 3.03. The number of nitrogens with two attached hydrogens (primary N) is 1. The highest BCUT2D eigenvalue weighted by molar-refractivity contribution is 5.96. The van der Waals surface area contributed by atoms with Crippen LogP contribution in [0.2, 0.25) is 0 Å². The molecule has 0 spiro atoms. The summed E-state index contributed by atoms with van der Waals surface area (Å²) < 4.78 is 0. The molecule has 1 aliphatic carbocycles. The van der Waals surface area contributed by atoms with Crippen LogP contribution in [0, 0.1) is 5.41 Å². The Kier molecular flexibility index (Phi) is 4.10. The van der Waals surface area contributed by atoms with Crippen molar-refractivity contribution in [1.29, 1.82) is 0 Å². The van der Waals surface area contributed by atoms with E-state index in [0.29, 0.717) is 6.54 Å². The molecule has 104 valence electrons. The van der Waals surface area contributed by atoms with Gasteiger partial charge >= 0.3 is 0 Å². The van der Waals surface area contributed by atoms with Crippen LogP contribution in [0.3, 0.4) is 0 Å². The minimum absolute atomic E-state index is 0.0726. The SMILES string of the molecule is CN(C)c1cccc(NC(=O)C2(CN)CCCC2)c1. The van der Waals surface area contributed by atoms with Crippen molar-refractivity contribution in [1.82, 2.24) is 0 Å². The lowest BCUT2D eigenvalue weighted by Gasteiger charge is -2.26. The zero-order valence-electron chi connectivity index (χ0n) is 11.8. The molecule has 4 nitrogen and oxygen atoms in total.